The van der Waals surface area contributed by atoms with Gasteiger partial charge in [-0.15, -0.1) is 0 Å². The molecule has 4 nitrogen and oxygen atoms in total. The van der Waals surface area contributed by atoms with Gasteiger partial charge in [-0.25, -0.2) is 9.97 Å². The normalized spacial score (nSPS) is 12.1. The molecule has 44 heavy (non-hydrogen) atoms. The van der Waals surface area contributed by atoms with Crippen LogP contribution in [0.4, 0.5) is 0 Å². The van der Waals surface area contributed by atoms with Gasteiger partial charge in [-0.05, 0) is 73.8 Å². The fourth-order valence-corrected chi connectivity index (χ4v) is 7.14. The number of hydrogen-bond acceptors (Lipinski definition) is 3. The minimum absolute atomic E-state index is 0.683. The highest BCUT2D eigenvalue weighted by molar-refractivity contribution is 6.25. The third kappa shape index (κ3) is 3.17. The quantitative estimate of drug-likeness (QED) is 0.197. The van der Waals surface area contributed by atoms with E-state index in [4.69, 9.17) is 14.4 Å². The van der Waals surface area contributed by atoms with Gasteiger partial charge in [-0.3, -0.25) is 4.57 Å². The second-order valence-corrected chi connectivity index (χ2v) is 11.4. The number of furan rings is 1. The summed E-state index contributed by atoms with van der Waals surface area (Å²) in [5.74, 6) is 0.745. The van der Waals surface area contributed by atoms with Crippen LogP contribution in [-0.4, -0.2) is 14.5 Å². The predicted molar refractivity (Wildman–Crippen MR) is 182 cm³/mol. The molecule has 4 heteroatoms. The molecule has 204 valence electrons. The fraction of sp³-hybridized carbons (Fsp3) is 0. The molecule has 0 bridgehead atoms. The Morgan fingerprint density at radius 3 is 1.57 bits per heavy atom. The lowest BCUT2D eigenvalue weighted by Crippen LogP contribution is -1.98. The second kappa shape index (κ2) is 8.76. The molecule has 0 saturated carbocycles. The molecular weight excluding hydrogens is 538 g/mol. The second-order valence-electron chi connectivity index (χ2n) is 11.4. The van der Waals surface area contributed by atoms with E-state index in [0.717, 1.165) is 44.5 Å². The van der Waals surface area contributed by atoms with Crippen molar-refractivity contribution in [1.29, 1.82) is 0 Å². The molecule has 0 aliphatic carbocycles. The maximum Gasteiger partial charge on any atom is 0.197 e. The maximum absolute atomic E-state index is 6.53. The molecule has 0 aliphatic heterocycles. The molecule has 10 aromatic rings. The van der Waals surface area contributed by atoms with Crippen molar-refractivity contribution >= 4 is 76.2 Å². The summed E-state index contributed by atoms with van der Waals surface area (Å²) in [7, 11) is 0. The van der Waals surface area contributed by atoms with E-state index in [9.17, 15) is 0 Å². The van der Waals surface area contributed by atoms with Gasteiger partial charge in [0.25, 0.3) is 0 Å². The first-order valence-corrected chi connectivity index (χ1v) is 14.8. The number of aromatic nitrogens is 3. The molecule has 3 heterocycles. The lowest BCUT2D eigenvalue weighted by atomic mass is 9.92. The summed E-state index contributed by atoms with van der Waals surface area (Å²) >= 11 is 0. The van der Waals surface area contributed by atoms with Crippen molar-refractivity contribution in [1.82, 2.24) is 14.5 Å². The zero-order chi connectivity index (χ0) is 28.8. The van der Waals surface area contributed by atoms with Crippen molar-refractivity contribution in [2.75, 3.05) is 0 Å². The van der Waals surface area contributed by atoms with Crippen LogP contribution in [0, 0.1) is 0 Å². The smallest absolute Gasteiger partial charge is 0.197 e. The summed E-state index contributed by atoms with van der Waals surface area (Å²) in [6, 6.07) is 47.5. The topological polar surface area (TPSA) is 43.9 Å². The van der Waals surface area contributed by atoms with Gasteiger partial charge in [0.2, 0.25) is 0 Å². The molecule has 0 fully saturated rings. The van der Waals surface area contributed by atoms with Crippen LogP contribution in [0.5, 0.6) is 0 Å². The van der Waals surface area contributed by atoms with Crippen molar-refractivity contribution in [3.05, 3.63) is 140 Å². The van der Waals surface area contributed by atoms with Crippen LogP contribution in [0.1, 0.15) is 0 Å². The zero-order valence-corrected chi connectivity index (χ0v) is 23.5. The number of nitrogens with zero attached hydrogens (tertiary/aromatic N) is 3. The summed E-state index contributed by atoms with van der Waals surface area (Å²) < 4.78 is 8.72. The number of fused-ring (bicyclic) bond motifs is 12. The first-order chi connectivity index (χ1) is 21.8. The Bertz CT molecular complexity index is 2700. The van der Waals surface area contributed by atoms with Gasteiger partial charge in [0.1, 0.15) is 17.4 Å². The Balaban J connectivity index is 1.20. The monoisotopic (exact) mass is 561 g/mol. The van der Waals surface area contributed by atoms with E-state index in [2.05, 4.69) is 138 Å². The average Bonchev–Trinajstić information content (AvgIpc) is 3.64. The van der Waals surface area contributed by atoms with Crippen molar-refractivity contribution in [2.45, 2.75) is 0 Å². The lowest BCUT2D eigenvalue weighted by Gasteiger charge is -2.12. The van der Waals surface area contributed by atoms with E-state index < -0.39 is 0 Å². The largest absolute Gasteiger partial charge is 0.450 e. The Morgan fingerprint density at radius 2 is 0.932 bits per heavy atom. The molecule has 0 unspecified atom stereocenters. The summed E-state index contributed by atoms with van der Waals surface area (Å²) in [4.78, 5) is 9.51. The first-order valence-electron chi connectivity index (χ1n) is 14.8. The average molecular weight is 562 g/mol. The summed E-state index contributed by atoms with van der Waals surface area (Å²) in [6.45, 7) is 0. The molecule has 0 amide bonds. The van der Waals surface area contributed by atoms with Crippen LogP contribution >= 0.6 is 0 Å². The minimum Gasteiger partial charge on any atom is -0.450 e. The number of hydrogen-bond donors (Lipinski definition) is 0. The summed E-state index contributed by atoms with van der Waals surface area (Å²) in [5.41, 5.74) is 6.75. The number of benzene rings is 7. The lowest BCUT2D eigenvalue weighted by molar-refractivity contribution is 0.662. The van der Waals surface area contributed by atoms with E-state index in [1.807, 2.05) is 0 Å². The highest BCUT2D eigenvalue weighted by atomic mass is 16.3. The highest BCUT2D eigenvalue weighted by Gasteiger charge is 2.20. The number of para-hydroxylation sites is 2. The van der Waals surface area contributed by atoms with Crippen LogP contribution in [-0.2, 0) is 0 Å². The molecule has 0 saturated heterocycles. The van der Waals surface area contributed by atoms with Gasteiger partial charge in [0.15, 0.2) is 11.4 Å². The van der Waals surface area contributed by atoms with Crippen molar-refractivity contribution in [3.63, 3.8) is 0 Å². The van der Waals surface area contributed by atoms with Gasteiger partial charge < -0.3 is 4.42 Å². The molecule has 0 aliphatic rings. The standard InChI is InChI=1S/C40H23N3O/c1-2-11-28-26(9-1)27-10-3-4-12-29(27)33-21-24(17-19-30(28)33)25-18-20-37-34(22-25)38-39(44-37)40(42-23-41-38)43-35-15-7-5-13-31(35)32-14-6-8-16-36(32)43/h1-23H. The van der Waals surface area contributed by atoms with Crippen molar-refractivity contribution < 1.29 is 4.42 Å². The fourth-order valence-electron chi connectivity index (χ4n) is 7.14. The van der Waals surface area contributed by atoms with E-state index in [-0.39, 0.29) is 0 Å². The molecule has 0 atom stereocenters. The van der Waals surface area contributed by atoms with Crippen molar-refractivity contribution in [2.24, 2.45) is 0 Å². The van der Waals surface area contributed by atoms with Crippen LogP contribution in [0.2, 0.25) is 0 Å². The van der Waals surface area contributed by atoms with Crippen molar-refractivity contribution in [3.8, 4) is 16.9 Å². The first kappa shape index (κ1) is 23.6. The molecule has 0 radical (unpaired) electrons. The molecule has 0 spiro atoms. The molecular formula is C40H23N3O. The maximum atomic E-state index is 6.53. The van der Waals surface area contributed by atoms with Crippen LogP contribution in [0.15, 0.2) is 144 Å². The Kier molecular flexibility index (Phi) is 4.69. The van der Waals surface area contributed by atoms with Gasteiger partial charge in [0.05, 0.1) is 11.0 Å². The van der Waals surface area contributed by atoms with Gasteiger partial charge in [-0.1, -0.05) is 103 Å². The van der Waals surface area contributed by atoms with Crippen LogP contribution in [0.25, 0.3) is 93.1 Å². The molecule has 10 rings (SSSR count). The van der Waals surface area contributed by atoms with E-state index in [1.54, 1.807) is 6.33 Å². The summed E-state index contributed by atoms with van der Waals surface area (Å²) in [5, 5.41) is 11.0. The zero-order valence-electron chi connectivity index (χ0n) is 23.5. The Hall–Kier alpha value is -6.00. The third-order valence-corrected chi connectivity index (χ3v) is 9.10. The third-order valence-electron chi connectivity index (χ3n) is 9.10. The van der Waals surface area contributed by atoms with Crippen LogP contribution < -0.4 is 0 Å². The summed E-state index contributed by atoms with van der Waals surface area (Å²) in [6.07, 6.45) is 1.65. The van der Waals surface area contributed by atoms with E-state index in [1.165, 1.54) is 43.1 Å². The Morgan fingerprint density at radius 1 is 0.432 bits per heavy atom. The Labute approximate surface area is 251 Å². The minimum atomic E-state index is 0.683. The van der Waals surface area contributed by atoms with Crippen LogP contribution in [0.3, 0.4) is 0 Å². The SMILES string of the molecule is c1ccc2c(c1)c1ccccc1c1cc(-c3ccc4oc5c(-n6c7ccccc7c7ccccc76)ncnc5c4c3)ccc21. The van der Waals surface area contributed by atoms with Gasteiger partial charge in [-0.2, -0.15) is 0 Å². The van der Waals surface area contributed by atoms with E-state index in [0.29, 0.717) is 5.58 Å². The molecule has 7 aromatic carbocycles. The molecule has 3 aromatic heterocycles. The predicted octanol–water partition coefficient (Wildman–Crippen LogP) is 10.6. The molecule has 0 N–H and O–H groups in total. The van der Waals surface area contributed by atoms with E-state index >= 15 is 0 Å². The highest BCUT2D eigenvalue weighted by Crippen LogP contribution is 2.40. The van der Waals surface area contributed by atoms with Gasteiger partial charge in [0, 0.05) is 16.2 Å². The number of rotatable bonds is 2. The van der Waals surface area contributed by atoms with Gasteiger partial charge >= 0.3 is 0 Å².